The summed E-state index contributed by atoms with van der Waals surface area (Å²) in [5.74, 6) is -3.07. The molecule has 0 aromatic rings. The second-order valence-electron chi connectivity index (χ2n) is 26.1. The first-order valence-electron chi connectivity index (χ1n) is 27.8. The van der Waals surface area contributed by atoms with E-state index in [4.69, 9.17) is 37.9 Å². The molecule has 4 saturated carbocycles. The SMILES string of the molecule is C[C@@H]1O[C@@H](O[C@H]2[C@H](O[C@H]3[C@H](O[C@H]4CC[C@@]5(C)C(CC[C@]6(C)[C@@H]5CC=C5[C@@H]7C[C@](C)(C(=O)O)C[C@@H](O[C@@H]8O[C@@H](C)[C@H](O)[C@@H](O)[C@H]8O)[C@]7(C)CC[C@]56C)[C@@]4(C)CO)O[C@H](C(=O)O)[C@@H](O)[C@@H]3O)O[C@H](CO)[C@H](O)[C@@H]2O)[C@H](O)[C@H](O)[C@H]1O. The van der Waals surface area contributed by atoms with Gasteiger partial charge in [-0.25, -0.2) is 4.79 Å². The number of aliphatic hydroxyl groups excluding tert-OH is 12. The molecule has 0 bridgehead atoms. The molecule has 4 saturated heterocycles. The van der Waals surface area contributed by atoms with Gasteiger partial charge in [-0.2, -0.15) is 0 Å². The van der Waals surface area contributed by atoms with E-state index in [2.05, 4.69) is 33.8 Å². The van der Waals surface area contributed by atoms with E-state index >= 15 is 0 Å². The van der Waals surface area contributed by atoms with Crippen LogP contribution in [0.2, 0.25) is 0 Å². The van der Waals surface area contributed by atoms with Crippen molar-refractivity contribution in [2.45, 2.75) is 248 Å². The van der Waals surface area contributed by atoms with Crippen LogP contribution in [0.4, 0.5) is 0 Å². The van der Waals surface area contributed by atoms with Gasteiger partial charge in [-0.05, 0) is 113 Å². The molecule has 0 radical (unpaired) electrons. The summed E-state index contributed by atoms with van der Waals surface area (Å²) in [5, 5.41) is 152. The van der Waals surface area contributed by atoms with Crippen LogP contribution in [0, 0.1) is 50.2 Å². The van der Waals surface area contributed by atoms with Crippen LogP contribution in [0.15, 0.2) is 11.6 Å². The third-order valence-corrected chi connectivity index (χ3v) is 21.9. The molecule has 0 aromatic heterocycles. The number of carboxylic acid groups (broad SMARTS) is 2. The zero-order valence-corrected chi connectivity index (χ0v) is 45.6. The van der Waals surface area contributed by atoms with Gasteiger partial charge in [-0.3, -0.25) is 4.79 Å². The summed E-state index contributed by atoms with van der Waals surface area (Å²) < 4.78 is 48.8. The first-order valence-corrected chi connectivity index (χ1v) is 27.8. The molecule has 5 aliphatic carbocycles. The fourth-order valence-electron chi connectivity index (χ4n) is 16.6. The fourth-order valence-corrected chi connectivity index (χ4v) is 16.6. The van der Waals surface area contributed by atoms with Crippen molar-refractivity contribution in [3.8, 4) is 0 Å². The van der Waals surface area contributed by atoms with Gasteiger partial charge in [0.25, 0.3) is 0 Å². The fraction of sp³-hybridized carbons (Fsp3) is 0.926. The highest BCUT2D eigenvalue weighted by Gasteiger charge is 2.71. The Bertz CT molecular complexity index is 2220. The summed E-state index contributed by atoms with van der Waals surface area (Å²) in [6, 6.07) is 0. The lowest BCUT2D eigenvalue weighted by Crippen LogP contribution is -2.68. The Morgan fingerprint density at radius 3 is 1.68 bits per heavy atom. The van der Waals surface area contributed by atoms with E-state index in [1.165, 1.54) is 12.5 Å². The molecule has 446 valence electrons. The number of carboxylic acids is 2. The molecular formula is C54H86O24. The maximum absolute atomic E-state index is 13.2. The first-order chi connectivity index (χ1) is 36.4. The third-order valence-electron chi connectivity index (χ3n) is 21.9. The average molecular weight is 1120 g/mol. The first kappa shape index (κ1) is 60.5. The number of fused-ring (bicyclic) bond motifs is 7. The minimum Gasteiger partial charge on any atom is -0.481 e. The molecule has 0 amide bonds. The van der Waals surface area contributed by atoms with Gasteiger partial charge in [0.1, 0.15) is 79.4 Å². The molecule has 4 aliphatic heterocycles. The third kappa shape index (κ3) is 9.44. The Balaban J connectivity index is 0.991. The molecule has 78 heavy (non-hydrogen) atoms. The Morgan fingerprint density at radius 1 is 0.564 bits per heavy atom. The molecule has 0 spiro atoms. The van der Waals surface area contributed by atoms with Crippen molar-refractivity contribution in [1.29, 1.82) is 0 Å². The zero-order valence-electron chi connectivity index (χ0n) is 45.6. The number of hydrogen-bond donors (Lipinski definition) is 14. The summed E-state index contributed by atoms with van der Waals surface area (Å²) in [6.45, 7) is 14.3. The summed E-state index contributed by atoms with van der Waals surface area (Å²) in [5.41, 5.74) is -2.96. The van der Waals surface area contributed by atoms with E-state index in [0.717, 1.165) is 6.42 Å². The zero-order chi connectivity index (χ0) is 57.3. The van der Waals surface area contributed by atoms with Crippen molar-refractivity contribution < 1.29 is 119 Å². The lowest BCUT2D eigenvalue weighted by Gasteiger charge is -2.72. The molecule has 31 atom stereocenters. The van der Waals surface area contributed by atoms with Gasteiger partial charge < -0.3 is 109 Å². The lowest BCUT2D eigenvalue weighted by atomic mass is 9.33. The molecule has 14 N–H and O–H groups in total. The van der Waals surface area contributed by atoms with Crippen LogP contribution in [0.1, 0.15) is 113 Å². The standard InChI is InChI=1S/C54H86O24/c1-21-30(57)33(60)38(65)44(71-21)75-29-18-49(3,48(69)70)17-24-23-9-10-27-51(5)13-12-28(52(6,20-56)26(51)11-14-54(27,8)53(23,7)16-15-50(24,29)4)74-47-42(37(64)36(63)40(76-47)43(67)68)78-46-41(35(62)32(59)25(19-55)73-46)77-45-39(66)34(61)31(58)22(2)72-45/h9,21-22,24-42,44-47,55-66H,10-20H2,1-8H3,(H,67,68)(H,69,70)/t21-,22-,24-,25+,26?,27+,28-,29+,30-,31-,32-,33+,34+,35-,36-,37-,38+,39+,40-,41+,42+,44-,45-,46-,47+,49-,50+,51-,52+,53+,54+/m0/s1. The Kier molecular flexibility index (Phi) is 16.7. The molecule has 9 aliphatic rings. The van der Waals surface area contributed by atoms with E-state index in [9.17, 15) is 81.1 Å². The molecule has 0 aromatic carbocycles. The molecule has 9 rings (SSSR count). The monoisotopic (exact) mass is 1120 g/mol. The van der Waals surface area contributed by atoms with Crippen molar-refractivity contribution in [3.05, 3.63) is 11.6 Å². The maximum Gasteiger partial charge on any atom is 0.335 e. The summed E-state index contributed by atoms with van der Waals surface area (Å²) in [6.07, 6.45) is -28.4. The van der Waals surface area contributed by atoms with Gasteiger partial charge in [0.05, 0.1) is 43.0 Å². The largest absolute Gasteiger partial charge is 0.481 e. The van der Waals surface area contributed by atoms with E-state index in [1.807, 2.05) is 6.92 Å². The van der Waals surface area contributed by atoms with Crippen molar-refractivity contribution in [3.63, 3.8) is 0 Å². The van der Waals surface area contributed by atoms with Gasteiger partial charge >= 0.3 is 11.9 Å². The summed E-state index contributed by atoms with van der Waals surface area (Å²) in [4.78, 5) is 25.8. The average Bonchev–Trinajstić information content (AvgIpc) is 2.94. The number of carbonyl (C=O) groups is 2. The Labute approximate surface area is 453 Å². The number of rotatable bonds is 12. The van der Waals surface area contributed by atoms with Crippen molar-refractivity contribution >= 4 is 11.9 Å². The van der Waals surface area contributed by atoms with Crippen LogP contribution in [-0.4, -0.2) is 232 Å². The van der Waals surface area contributed by atoms with Crippen LogP contribution in [-0.2, 0) is 47.5 Å². The molecule has 4 heterocycles. The van der Waals surface area contributed by atoms with E-state index in [0.29, 0.717) is 38.5 Å². The van der Waals surface area contributed by atoms with Gasteiger partial charge in [0, 0.05) is 10.8 Å². The highest BCUT2D eigenvalue weighted by Crippen LogP contribution is 2.76. The highest BCUT2D eigenvalue weighted by molar-refractivity contribution is 5.75. The molecule has 24 heteroatoms. The second kappa shape index (κ2) is 21.5. The van der Waals surface area contributed by atoms with Crippen molar-refractivity contribution in [2.75, 3.05) is 13.2 Å². The molecule has 1 unspecified atom stereocenters. The van der Waals surface area contributed by atoms with Crippen molar-refractivity contribution in [2.24, 2.45) is 50.2 Å². The topological polar surface area (TPSA) is 391 Å². The Hall–Kier alpha value is -2.12. The quantitative estimate of drug-likeness (QED) is 0.0791. The van der Waals surface area contributed by atoms with E-state index < -0.39 is 187 Å². The second-order valence-corrected chi connectivity index (χ2v) is 26.1. The molecule has 24 nitrogen and oxygen atoms in total. The van der Waals surface area contributed by atoms with E-state index in [-0.39, 0.29) is 36.0 Å². The van der Waals surface area contributed by atoms with Crippen LogP contribution >= 0.6 is 0 Å². The lowest BCUT2D eigenvalue weighted by molar-refractivity contribution is -0.396. The van der Waals surface area contributed by atoms with E-state index in [1.54, 1.807) is 13.8 Å². The predicted molar refractivity (Wildman–Crippen MR) is 264 cm³/mol. The van der Waals surface area contributed by atoms with Crippen LogP contribution in [0.25, 0.3) is 0 Å². The molecular weight excluding hydrogens is 1030 g/mol. The number of aliphatic carboxylic acids is 2. The molecule has 8 fully saturated rings. The maximum atomic E-state index is 13.2. The smallest absolute Gasteiger partial charge is 0.335 e. The van der Waals surface area contributed by atoms with Crippen LogP contribution in [0.3, 0.4) is 0 Å². The minimum absolute atomic E-state index is 0.0337. The van der Waals surface area contributed by atoms with Crippen LogP contribution in [0.5, 0.6) is 0 Å². The summed E-state index contributed by atoms with van der Waals surface area (Å²) >= 11 is 0. The van der Waals surface area contributed by atoms with Crippen molar-refractivity contribution in [1.82, 2.24) is 0 Å². The van der Waals surface area contributed by atoms with Crippen LogP contribution < -0.4 is 0 Å². The summed E-state index contributed by atoms with van der Waals surface area (Å²) in [7, 11) is 0. The normalized spacial score (nSPS) is 56.3. The van der Waals surface area contributed by atoms with Gasteiger partial charge in [0.2, 0.25) is 0 Å². The van der Waals surface area contributed by atoms with Gasteiger partial charge in [0.15, 0.2) is 31.3 Å². The van der Waals surface area contributed by atoms with Gasteiger partial charge in [-0.15, -0.1) is 0 Å². The minimum atomic E-state index is -2.13. The highest BCUT2D eigenvalue weighted by atomic mass is 16.8. The predicted octanol–water partition coefficient (Wildman–Crippen LogP) is -1.38. The Morgan fingerprint density at radius 2 is 1.12 bits per heavy atom. The number of ether oxygens (including phenoxy) is 8. The number of hydrogen-bond acceptors (Lipinski definition) is 22. The van der Waals surface area contributed by atoms with Gasteiger partial charge in [-0.1, -0.05) is 46.3 Å². The number of allylic oxidation sites excluding steroid dienone is 2. The number of aliphatic hydroxyl groups is 12.